The molecule has 0 bridgehead atoms. The fourth-order valence-corrected chi connectivity index (χ4v) is 2.60. The maximum absolute atomic E-state index is 12.4. The Morgan fingerprint density at radius 2 is 2.00 bits per heavy atom. The summed E-state index contributed by atoms with van der Waals surface area (Å²) in [6, 6.07) is 9.95. The van der Waals surface area contributed by atoms with E-state index in [0.29, 0.717) is 17.3 Å². The molecule has 1 N–H and O–H groups in total. The van der Waals surface area contributed by atoms with Gasteiger partial charge in [0, 0.05) is 24.0 Å². The van der Waals surface area contributed by atoms with Crippen LogP contribution in [0.15, 0.2) is 48.8 Å². The summed E-state index contributed by atoms with van der Waals surface area (Å²) >= 11 is 5.93. The molecule has 3 rings (SSSR count). The van der Waals surface area contributed by atoms with Gasteiger partial charge in [-0.15, -0.1) is 0 Å². The first-order valence-electron chi connectivity index (χ1n) is 6.90. The second kappa shape index (κ2) is 6.25. The summed E-state index contributed by atoms with van der Waals surface area (Å²) in [5.41, 5.74) is 1.52. The molecule has 1 aliphatic rings. The molecular formula is C16H14ClN3O2. The molecule has 0 spiro atoms. The molecule has 0 saturated carbocycles. The van der Waals surface area contributed by atoms with Crippen LogP contribution in [0.2, 0.25) is 5.02 Å². The fourth-order valence-electron chi connectivity index (χ4n) is 2.42. The molecule has 5 nitrogen and oxygen atoms in total. The Balaban J connectivity index is 1.71. The molecule has 1 saturated heterocycles. The number of benzene rings is 1. The van der Waals surface area contributed by atoms with Gasteiger partial charge in [0.1, 0.15) is 0 Å². The lowest BCUT2D eigenvalue weighted by Gasteiger charge is -2.15. The molecule has 1 atom stereocenters. The molecule has 1 aromatic heterocycles. The molecule has 6 heteroatoms. The summed E-state index contributed by atoms with van der Waals surface area (Å²) in [5.74, 6) is -0.471. The van der Waals surface area contributed by atoms with Crippen molar-refractivity contribution in [3.8, 4) is 0 Å². The number of carbonyl (C=O) groups is 2. The Morgan fingerprint density at radius 1 is 1.23 bits per heavy atom. The molecule has 1 fully saturated rings. The highest BCUT2D eigenvalue weighted by atomic mass is 35.5. The average Bonchev–Trinajstić information content (AvgIpc) is 2.80. The summed E-state index contributed by atoms with van der Waals surface area (Å²) in [5, 5.41) is 3.61. The number of carbonyl (C=O) groups excluding carboxylic acids is 2. The minimum atomic E-state index is -0.514. The van der Waals surface area contributed by atoms with Gasteiger partial charge in [0.05, 0.1) is 18.2 Å². The first-order chi connectivity index (χ1) is 10.6. The highest BCUT2D eigenvalue weighted by molar-refractivity contribution is 6.31. The van der Waals surface area contributed by atoms with E-state index in [9.17, 15) is 9.59 Å². The molecule has 2 aromatic rings. The molecule has 1 aliphatic heterocycles. The predicted octanol–water partition coefficient (Wildman–Crippen LogP) is 2.16. The van der Waals surface area contributed by atoms with Gasteiger partial charge in [-0.25, -0.2) is 4.90 Å². The van der Waals surface area contributed by atoms with Crippen molar-refractivity contribution in [1.29, 1.82) is 0 Å². The van der Waals surface area contributed by atoms with Gasteiger partial charge in [-0.1, -0.05) is 17.7 Å². The Morgan fingerprint density at radius 3 is 2.73 bits per heavy atom. The number of halogens is 1. The van der Waals surface area contributed by atoms with Gasteiger partial charge in [-0.05, 0) is 35.9 Å². The monoisotopic (exact) mass is 315 g/mol. The van der Waals surface area contributed by atoms with E-state index in [1.54, 1.807) is 36.7 Å². The fraction of sp³-hybridized carbons (Fsp3) is 0.188. The van der Waals surface area contributed by atoms with Gasteiger partial charge in [0.2, 0.25) is 5.91 Å². The van der Waals surface area contributed by atoms with Crippen LogP contribution in [0, 0.1) is 0 Å². The molecule has 112 valence electrons. The van der Waals surface area contributed by atoms with Crippen molar-refractivity contribution < 1.29 is 9.59 Å². The lowest BCUT2D eigenvalue weighted by Crippen LogP contribution is -2.38. The highest BCUT2D eigenvalue weighted by Gasteiger charge is 2.39. The van der Waals surface area contributed by atoms with Crippen molar-refractivity contribution >= 4 is 29.1 Å². The number of hydrogen-bond acceptors (Lipinski definition) is 4. The molecule has 1 aromatic carbocycles. The number of imide groups is 1. The number of nitrogens with one attached hydrogen (secondary N) is 1. The third-order valence-corrected chi connectivity index (χ3v) is 3.75. The van der Waals surface area contributed by atoms with Crippen molar-refractivity contribution in [3.63, 3.8) is 0 Å². The highest BCUT2D eigenvalue weighted by Crippen LogP contribution is 2.25. The first-order valence-corrected chi connectivity index (χ1v) is 7.27. The van der Waals surface area contributed by atoms with Crippen LogP contribution in [0.3, 0.4) is 0 Å². The molecule has 2 heterocycles. The third kappa shape index (κ3) is 3.00. The van der Waals surface area contributed by atoms with E-state index in [0.717, 1.165) is 5.56 Å². The van der Waals surface area contributed by atoms with Crippen LogP contribution in [-0.2, 0) is 16.1 Å². The summed E-state index contributed by atoms with van der Waals surface area (Å²) in [6.07, 6.45) is 3.53. The van der Waals surface area contributed by atoms with Crippen LogP contribution in [0.5, 0.6) is 0 Å². The summed E-state index contributed by atoms with van der Waals surface area (Å²) in [6.45, 7) is 0.510. The summed E-state index contributed by atoms with van der Waals surface area (Å²) in [7, 11) is 0. The maximum Gasteiger partial charge on any atom is 0.251 e. The van der Waals surface area contributed by atoms with E-state index >= 15 is 0 Å². The maximum atomic E-state index is 12.4. The van der Waals surface area contributed by atoms with Crippen LogP contribution in [0.4, 0.5) is 5.69 Å². The summed E-state index contributed by atoms with van der Waals surface area (Å²) < 4.78 is 0. The zero-order valence-electron chi connectivity index (χ0n) is 11.7. The lowest BCUT2D eigenvalue weighted by molar-refractivity contribution is -0.121. The number of hydrogen-bond donors (Lipinski definition) is 1. The number of amides is 2. The second-order valence-electron chi connectivity index (χ2n) is 5.04. The third-order valence-electron chi connectivity index (χ3n) is 3.51. The molecule has 2 amide bonds. The summed E-state index contributed by atoms with van der Waals surface area (Å²) in [4.78, 5) is 29.7. The van der Waals surface area contributed by atoms with Gasteiger partial charge in [-0.2, -0.15) is 0 Å². The van der Waals surface area contributed by atoms with Crippen LogP contribution < -0.4 is 10.2 Å². The van der Waals surface area contributed by atoms with Gasteiger partial charge >= 0.3 is 0 Å². The standard InChI is InChI=1S/C16H14ClN3O2/c17-12-2-1-3-13(8-12)20-15(21)9-14(16(20)22)19-10-11-4-6-18-7-5-11/h1-8,14,19H,9-10H2/t14-/m1/s1. The molecule has 0 aliphatic carbocycles. The van der Waals surface area contributed by atoms with Crippen molar-refractivity contribution in [2.45, 2.75) is 19.0 Å². The Labute approximate surface area is 132 Å². The number of nitrogens with zero attached hydrogens (tertiary/aromatic N) is 2. The Bertz CT molecular complexity index is 706. The van der Waals surface area contributed by atoms with E-state index in [2.05, 4.69) is 10.3 Å². The van der Waals surface area contributed by atoms with Crippen LogP contribution in [0.25, 0.3) is 0 Å². The zero-order chi connectivity index (χ0) is 15.5. The second-order valence-corrected chi connectivity index (χ2v) is 5.48. The lowest BCUT2D eigenvalue weighted by atomic mass is 10.2. The molecule has 22 heavy (non-hydrogen) atoms. The largest absolute Gasteiger partial charge is 0.301 e. The van der Waals surface area contributed by atoms with Gasteiger partial charge in [0.25, 0.3) is 5.91 Å². The van der Waals surface area contributed by atoms with Crippen molar-refractivity contribution in [3.05, 3.63) is 59.4 Å². The minimum absolute atomic E-state index is 0.149. The molecular weight excluding hydrogens is 302 g/mol. The number of anilines is 1. The topological polar surface area (TPSA) is 62.3 Å². The van der Waals surface area contributed by atoms with Gasteiger partial charge < -0.3 is 5.32 Å². The van der Waals surface area contributed by atoms with E-state index < -0.39 is 6.04 Å². The molecule has 0 radical (unpaired) electrons. The van der Waals surface area contributed by atoms with E-state index in [4.69, 9.17) is 11.6 Å². The Hall–Kier alpha value is -2.24. The van der Waals surface area contributed by atoms with Gasteiger partial charge in [0.15, 0.2) is 0 Å². The van der Waals surface area contributed by atoms with Gasteiger partial charge in [-0.3, -0.25) is 14.6 Å². The predicted molar refractivity (Wildman–Crippen MR) is 83.4 cm³/mol. The number of pyridine rings is 1. The first kappa shape index (κ1) is 14.7. The minimum Gasteiger partial charge on any atom is -0.301 e. The smallest absolute Gasteiger partial charge is 0.251 e. The van der Waals surface area contributed by atoms with Crippen molar-refractivity contribution in [2.24, 2.45) is 0 Å². The number of aromatic nitrogens is 1. The van der Waals surface area contributed by atoms with Crippen molar-refractivity contribution in [1.82, 2.24) is 10.3 Å². The van der Waals surface area contributed by atoms with Crippen LogP contribution in [-0.4, -0.2) is 22.8 Å². The van der Waals surface area contributed by atoms with Crippen molar-refractivity contribution in [2.75, 3.05) is 4.90 Å². The van der Waals surface area contributed by atoms with E-state index in [1.165, 1.54) is 4.90 Å². The number of rotatable bonds is 4. The Kier molecular flexibility index (Phi) is 4.18. The normalized spacial score (nSPS) is 18.0. The van der Waals surface area contributed by atoms with Crippen LogP contribution in [0.1, 0.15) is 12.0 Å². The van der Waals surface area contributed by atoms with Crippen LogP contribution >= 0.6 is 11.6 Å². The average molecular weight is 316 g/mol. The van der Waals surface area contributed by atoms with E-state index in [-0.39, 0.29) is 18.2 Å². The SMILES string of the molecule is O=C1C[C@@H](NCc2ccncc2)C(=O)N1c1cccc(Cl)c1. The molecule has 0 unspecified atom stereocenters. The van der Waals surface area contributed by atoms with E-state index in [1.807, 2.05) is 12.1 Å². The zero-order valence-corrected chi connectivity index (χ0v) is 12.5. The quantitative estimate of drug-likeness (QED) is 0.878.